The van der Waals surface area contributed by atoms with Crippen molar-refractivity contribution in [3.63, 3.8) is 0 Å². The zero-order chi connectivity index (χ0) is 40.0. The molecule has 1 amide bonds. The van der Waals surface area contributed by atoms with Gasteiger partial charge in [0.25, 0.3) is 0 Å². The molecule has 0 aliphatic heterocycles. The molecule has 0 radical (unpaired) electrons. The Balaban J connectivity index is 3.44. The normalized spacial score (nSPS) is 13.3. The third-order valence-electron chi connectivity index (χ3n) is 11.0. The molecule has 0 bridgehead atoms. The lowest BCUT2D eigenvalue weighted by Crippen LogP contribution is -2.45. The van der Waals surface area contributed by atoms with Gasteiger partial charge in [0.1, 0.15) is 0 Å². The maximum Gasteiger partial charge on any atom is 0.220 e. The number of aliphatic hydroxyl groups is 2. The minimum atomic E-state index is -0.868. The standard InChI is InChI=1S/C51H95NO3/c1-3-5-7-9-11-13-15-16-17-18-19-20-21-22-23-24-25-26-27-28-29-30-31-32-33-34-35-37-39-41-43-45-47-51(55)52-49(48-53)50(54)46-44-42-40-38-36-14-12-10-8-6-4-2/h8,10,22-23,36,38,44,46,49-50,53-54H,3-7,9,11-21,24-35,37,39-43,45,47-48H2,1-2H3,(H,52,55)/b10-8+,23-22-,38-36+,46-44+. The molecular formula is C51H95NO3. The largest absolute Gasteiger partial charge is 0.394 e. The van der Waals surface area contributed by atoms with Crippen LogP contribution in [-0.4, -0.2) is 34.9 Å². The van der Waals surface area contributed by atoms with Crippen LogP contribution in [0.2, 0.25) is 0 Å². The van der Waals surface area contributed by atoms with Crippen molar-refractivity contribution < 1.29 is 15.0 Å². The molecule has 0 aliphatic carbocycles. The van der Waals surface area contributed by atoms with E-state index in [0.29, 0.717) is 6.42 Å². The summed E-state index contributed by atoms with van der Waals surface area (Å²) < 4.78 is 0. The van der Waals surface area contributed by atoms with Gasteiger partial charge >= 0.3 is 0 Å². The van der Waals surface area contributed by atoms with Gasteiger partial charge in [-0.2, -0.15) is 0 Å². The highest BCUT2D eigenvalue weighted by atomic mass is 16.3. The van der Waals surface area contributed by atoms with Gasteiger partial charge in [-0.15, -0.1) is 0 Å². The highest BCUT2D eigenvalue weighted by molar-refractivity contribution is 5.76. The number of rotatable bonds is 44. The average Bonchev–Trinajstić information content (AvgIpc) is 3.19. The van der Waals surface area contributed by atoms with E-state index in [-0.39, 0.29) is 12.5 Å². The van der Waals surface area contributed by atoms with Crippen molar-refractivity contribution in [2.24, 2.45) is 0 Å². The lowest BCUT2D eigenvalue weighted by atomic mass is 10.0. The van der Waals surface area contributed by atoms with Crippen molar-refractivity contribution in [2.75, 3.05) is 6.61 Å². The highest BCUT2D eigenvalue weighted by Crippen LogP contribution is 2.16. The number of allylic oxidation sites excluding steroid dienone is 7. The summed E-state index contributed by atoms with van der Waals surface area (Å²) in [6.07, 6.45) is 64.1. The van der Waals surface area contributed by atoms with Crippen molar-refractivity contribution in [2.45, 2.75) is 264 Å². The summed E-state index contributed by atoms with van der Waals surface area (Å²) in [5.41, 5.74) is 0. The Labute approximate surface area is 344 Å². The third kappa shape index (κ3) is 43.3. The van der Waals surface area contributed by atoms with Crippen molar-refractivity contribution in [3.05, 3.63) is 48.6 Å². The summed E-state index contributed by atoms with van der Waals surface area (Å²) in [7, 11) is 0. The number of aliphatic hydroxyl groups excluding tert-OH is 2. The van der Waals surface area contributed by atoms with Crippen molar-refractivity contribution >= 4 is 5.91 Å². The molecule has 0 fully saturated rings. The molecule has 0 rings (SSSR count). The van der Waals surface area contributed by atoms with Crippen LogP contribution >= 0.6 is 0 Å². The van der Waals surface area contributed by atoms with E-state index < -0.39 is 12.1 Å². The Kier molecular flexibility index (Phi) is 45.3. The second-order valence-electron chi connectivity index (χ2n) is 16.5. The molecule has 0 aromatic carbocycles. The minimum Gasteiger partial charge on any atom is -0.394 e. The predicted octanol–water partition coefficient (Wildman–Crippen LogP) is 15.5. The maximum absolute atomic E-state index is 12.4. The first kappa shape index (κ1) is 53.4. The highest BCUT2D eigenvalue weighted by Gasteiger charge is 2.17. The fourth-order valence-corrected chi connectivity index (χ4v) is 7.27. The van der Waals surface area contributed by atoms with Gasteiger partial charge in [0.2, 0.25) is 5.91 Å². The molecule has 0 spiro atoms. The van der Waals surface area contributed by atoms with Crippen LogP contribution in [0.4, 0.5) is 0 Å². The van der Waals surface area contributed by atoms with Gasteiger partial charge in [-0.1, -0.05) is 229 Å². The minimum absolute atomic E-state index is 0.0783. The third-order valence-corrected chi connectivity index (χ3v) is 11.0. The van der Waals surface area contributed by atoms with E-state index in [9.17, 15) is 15.0 Å². The van der Waals surface area contributed by atoms with Crippen LogP contribution in [0.3, 0.4) is 0 Å². The number of amides is 1. The van der Waals surface area contributed by atoms with Gasteiger partial charge < -0.3 is 15.5 Å². The zero-order valence-corrected chi connectivity index (χ0v) is 36.9. The molecule has 0 saturated heterocycles. The molecule has 0 aromatic rings. The van der Waals surface area contributed by atoms with Gasteiger partial charge in [-0.05, 0) is 64.2 Å². The summed E-state index contributed by atoms with van der Waals surface area (Å²) in [6.45, 7) is 4.23. The maximum atomic E-state index is 12.4. The SMILES string of the molecule is CCC/C=C/CC/C=C/CC/C=C/C(O)C(CO)NC(=O)CCCCCCCCCCCCCCCCCC/C=C\CCCCCCCCCCCCCC. The van der Waals surface area contributed by atoms with Crippen LogP contribution in [0.1, 0.15) is 251 Å². The smallest absolute Gasteiger partial charge is 0.220 e. The first-order valence-electron chi connectivity index (χ1n) is 24.4. The number of carbonyl (C=O) groups excluding carboxylic acids is 1. The molecule has 0 saturated carbocycles. The Hall–Kier alpha value is -1.65. The summed E-state index contributed by atoms with van der Waals surface area (Å²) >= 11 is 0. The lowest BCUT2D eigenvalue weighted by Gasteiger charge is -2.19. The van der Waals surface area contributed by atoms with E-state index in [2.05, 4.69) is 55.6 Å². The fraction of sp³-hybridized carbons (Fsp3) is 0.824. The monoisotopic (exact) mass is 770 g/mol. The van der Waals surface area contributed by atoms with E-state index in [0.717, 1.165) is 44.9 Å². The Morgan fingerprint density at radius 3 is 1.13 bits per heavy atom. The number of nitrogens with one attached hydrogen (secondary N) is 1. The molecule has 0 heterocycles. The summed E-state index contributed by atoms with van der Waals surface area (Å²) in [5, 5.41) is 22.9. The number of hydrogen-bond acceptors (Lipinski definition) is 3. The molecule has 4 heteroatoms. The molecule has 3 N–H and O–H groups in total. The fourth-order valence-electron chi connectivity index (χ4n) is 7.27. The lowest BCUT2D eigenvalue weighted by molar-refractivity contribution is -0.123. The molecule has 55 heavy (non-hydrogen) atoms. The van der Waals surface area contributed by atoms with E-state index in [1.807, 2.05) is 6.08 Å². The predicted molar refractivity (Wildman–Crippen MR) is 244 cm³/mol. The van der Waals surface area contributed by atoms with Crippen LogP contribution in [0, 0.1) is 0 Å². The van der Waals surface area contributed by atoms with Crippen molar-refractivity contribution in [3.8, 4) is 0 Å². The second kappa shape index (κ2) is 46.7. The zero-order valence-electron chi connectivity index (χ0n) is 36.9. The summed E-state index contributed by atoms with van der Waals surface area (Å²) in [6, 6.07) is -0.643. The van der Waals surface area contributed by atoms with Crippen LogP contribution in [0.5, 0.6) is 0 Å². The molecule has 4 nitrogen and oxygen atoms in total. The second-order valence-corrected chi connectivity index (χ2v) is 16.5. The number of hydrogen-bond donors (Lipinski definition) is 3. The van der Waals surface area contributed by atoms with E-state index in [4.69, 9.17) is 0 Å². The van der Waals surface area contributed by atoms with Crippen molar-refractivity contribution in [1.29, 1.82) is 0 Å². The average molecular weight is 770 g/mol. The van der Waals surface area contributed by atoms with E-state index in [1.54, 1.807) is 6.08 Å². The van der Waals surface area contributed by atoms with E-state index >= 15 is 0 Å². The molecule has 0 aromatic heterocycles. The van der Waals surface area contributed by atoms with Crippen molar-refractivity contribution in [1.82, 2.24) is 5.32 Å². The molecular weight excluding hydrogens is 675 g/mol. The molecule has 2 unspecified atom stereocenters. The van der Waals surface area contributed by atoms with Gasteiger partial charge in [0.05, 0.1) is 18.8 Å². The summed E-state index contributed by atoms with van der Waals surface area (Å²) in [4.78, 5) is 12.4. The summed E-state index contributed by atoms with van der Waals surface area (Å²) in [5.74, 6) is -0.0783. The quantitative estimate of drug-likeness (QED) is 0.0427. The van der Waals surface area contributed by atoms with Crippen LogP contribution < -0.4 is 5.32 Å². The molecule has 2 atom stereocenters. The molecule has 322 valence electrons. The Morgan fingerprint density at radius 1 is 0.418 bits per heavy atom. The first-order chi connectivity index (χ1) is 27.2. The van der Waals surface area contributed by atoms with Crippen LogP contribution in [0.15, 0.2) is 48.6 Å². The van der Waals surface area contributed by atoms with Gasteiger partial charge in [0.15, 0.2) is 0 Å². The Morgan fingerprint density at radius 2 is 0.745 bits per heavy atom. The van der Waals surface area contributed by atoms with Gasteiger partial charge in [-0.3, -0.25) is 4.79 Å². The first-order valence-corrected chi connectivity index (χ1v) is 24.4. The van der Waals surface area contributed by atoms with E-state index in [1.165, 1.54) is 186 Å². The van der Waals surface area contributed by atoms with Gasteiger partial charge in [0, 0.05) is 6.42 Å². The Bertz CT molecular complexity index is 877. The van der Waals surface area contributed by atoms with Crippen LogP contribution in [-0.2, 0) is 4.79 Å². The van der Waals surface area contributed by atoms with Gasteiger partial charge in [-0.25, -0.2) is 0 Å². The topological polar surface area (TPSA) is 69.6 Å². The molecule has 0 aliphatic rings. The number of carbonyl (C=O) groups is 1. The van der Waals surface area contributed by atoms with Crippen LogP contribution in [0.25, 0.3) is 0 Å². The number of unbranched alkanes of at least 4 members (excludes halogenated alkanes) is 31.